The maximum Gasteiger partial charge on any atom is 0.243 e. The number of sulfonamides is 1. The van der Waals surface area contributed by atoms with Crippen molar-refractivity contribution in [3.63, 3.8) is 0 Å². The second kappa shape index (κ2) is 5.31. The van der Waals surface area contributed by atoms with Crippen molar-refractivity contribution in [3.8, 4) is 0 Å². The molecule has 1 aliphatic rings. The predicted octanol–water partition coefficient (Wildman–Crippen LogP) is 3.41. The predicted molar refractivity (Wildman–Crippen MR) is 81.2 cm³/mol. The van der Waals surface area contributed by atoms with Gasteiger partial charge in [-0.15, -0.1) is 11.3 Å². The average molecular weight is 307 g/mol. The summed E-state index contributed by atoms with van der Waals surface area (Å²) in [6, 6.07) is 11.3. The summed E-state index contributed by atoms with van der Waals surface area (Å²) in [5.41, 5.74) is 0.810. The molecule has 0 spiro atoms. The first kappa shape index (κ1) is 13.8. The minimum atomic E-state index is -3.40. The quantitative estimate of drug-likeness (QED) is 0.849. The molecule has 0 aliphatic heterocycles. The van der Waals surface area contributed by atoms with Crippen LogP contribution in [0.4, 0.5) is 0 Å². The normalized spacial score (nSPS) is 15.7. The highest BCUT2D eigenvalue weighted by molar-refractivity contribution is 7.89. The van der Waals surface area contributed by atoms with Gasteiger partial charge in [-0.05, 0) is 42.8 Å². The van der Waals surface area contributed by atoms with E-state index in [-0.39, 0.29) is 6.04 Å². The van der Waals surface area contributed by atoms with Crippen molar-refractivity contribution in [2.24, 2.45) is 0 Å². The molecule has 0 unspecified atom stereocenters. The summed E-state index contributed by atoms with van der Waals surface area (Å²) in [6.07, 6.45) is 1.94. The number of hydrogen-bond donors (Lipinski definition) is 0. The summed E-state index contributed by atoms with van der Waals surface area (Å²) in [7, 11) is -3.40. The third kappa shape index (κ3) is 2.66. The smallest absolute Gasteiger partial charge is 0.207 e. The Bertz CT molecular complexity index is 688. The van der Waals surface area contributed by atoms with Crippen LogP contribution in [-0.2, 0) is 16.6 Å². The first-order valence-electron chi connectivity index (χ1n) is 6.69. The SMILES string of the molecule is Cc1ccccc1S(=O)(=O)N(Cc1cccs1)C1CC1. The fraction of sp³-hybridized carbons (Fsp3) is 0.333. The van der Waals surface area contributed by atoms with Crippen molar-refractivity contribution in [1.29, 1.82) is 0 Å². The number of thiophene rings is 1. The molecule has 2 aromatic rings. The van der Waals surface area contributed by atoms with Crippen LogP contribution in [-0.4, -0.2) is 18.8 Å². The summed E-state index contributed by atoms with van der Waals surface area (Å²) in [6.45, 7) is 2.34. The highest BCUT2D eigenvalue weighted by Crippen LogP contribution is 2.34. The second-order valence-corrected chi connectivity index (χ2v) is 8.02. The second-order valence-electron chi connectivity index (χ2n) is 5.13. The van der Waals surface area contributed by atoms with E-state index in [1.165, 1.54) is 0 Å². The molecule has 0 bridgehead atoms. The van der Waals surface area contributed by atoms with Crippen LogP contribution in [0, 0.1) is 6.92 Å². The van der Waals surface area contributed by atoms with E-state index in [1.54, 1.807) is 27.8 Å². The molecule has 1 aliphatic carbocycles. The largest absolute Gasteiger partial charge is 0.243 e. The molecule has 0 amide bonds. The zero-order valence-corrected chi connectivity index (χ0v) is 13.0. The van der Waals surface area contributed by atoms with E-state index >= 15 is 0 Å². The Hall–Kier alpha value is -1.17. The van der Waals surface area contributed by atoms with Crippen molar-refractivity contribution in [1.82, 2.24) is 4.31 Å². The van der Waals surface area contributed by atoms with Gasteiger partial charge in [0.25, 0.3) is 0 Å². The van der Waals surface area contributed by atoms with Crippen molar-refractivity contribution < 1.29 is 8.42 Å². The van der Waals surface area contributed by atoms with E-state index in [1.807, 2.05) is 36.6 Å². The standard InChI is InChI=1S/C15H17NO2S2/c1-12-5-2-3-7-15(12)20(17,18)16(13-8-9-13)11-14-6-4-10-19-14/h2-7,10,13H,8-9,11H2,1H3. The maximum atomic E-state index is 12.9. The molecule has 0 N–H and O–H groups in total. The van der Waals surface area contributed by atoms with Gasteiger partial charge in [-0.3, -0.25) is 0 Å². The Labute approximate surface area is 123 Å². The number of hydrogen-bond acceptors (Lipinski definition) is 3. The van der Waals surface area contributed by atoms with E-state index in [9.17, 15) is 8.42 Å². The van der Waals surface area contributed by atoms with Crippen LogP contribution in [0.3, 0.4) is 0 Å². The molecule has 1 saturated carbocycles. The molecule has 0 radical (unpaired) electrons. The fourth-order valence-electron chi connectivity index (χ4n) is 2.30. The van der Waals surface area contributed by atoms with Gasteiger partial charge in [-0.1, -0.05) is 24.3 Å². The van der Waals surface area contributed by atoms with E-state index in [0.717, 1.165) is 23.3 Å². The summed E-state index contributed by atoms with van der Waals surface area (Å²) in [4.78, 5) is 1.53. The number of benzene rings is 1. The van der Waals surface area contributed by atoms with Crippen molar-refractivity contribution >= 4 is 21.4 Å². The van der Waals surface area contributed by atoms with Crippen LogP contribution in [0.1, 0.15) is 23.3 Å². The van der Waals surface area contributed by atoms with Gasteiger partial charge in [0.05, 0.1) is 4.90 Å². The average Bonchev–Trinajstić information content (AvgIpc) is 3.12. The Balaban J connectivity index is 1.96. The number of aryl methyl sites for hydroxylation is 1. The Morgan fingerprint density at radius 3 is 2.55 bits per heavy atom. The summed E-state index contributed by atoms with van der Waals surface area (Å²) in [5.74, 6) is 0. The van der Waals surface area contributed by atoms with Crippen LogP contribution in [0.25, 0.3) is 0 Å². The van der Waals surface area contributed by atoms with E-state index < -0.39 is 10.0 Å². The van der Waals surface area contributed by atoms with Crippen LogP contribution in [0.2, 0.25) is 0 Å². The van der Waals surface area contributed by atoms with Crippen molar-refractivity contribution in [2.75, 3.05) is 0 Å². The first-order chi connectivity index (χ1) is 9.59. The molecule has 1 heterocycles. The van der Waals surface area contributed by atoms with Crippen LogP contribution in [0.15, 0.2) is 46.7 Å². The summed E-state index contributed by atoms with van der Waals surface area (Å²) >= 11 is 1.61. The van der Waals surface area contributed by atoms with Crippen LogP contribution >= 0.6 is 11.3 Å². The molecule has 106 valence electrons. The molecule has 0 saturated heterocycles. The fourth-order valence-corrected chi connectivity index (χ4v) is 4.98. The maximum absolute atomic E-state index is 12.9. The van der Waals surface area contributed by atoms with Gasteiger partial charge in [0.2, 0.25) is 10.0 Å². The monoisotopic (exact) mass is 307 g/mol. The lowest BCUT2D eigenvalue weighted by Crippen LogP contribution is -2.32. The molecule has 20 heavy (non-hydrogen) atoms. The summed E-state index contributed by atoms with van der Waals surface area (Å²) in [5, 5.41) is 1.99. The lowest BCUT2D eigenvalue weighted by atomic mass is 10.2. The molecule has 5 heteroatoms. The highest BCUT2D eigenvalue weighted by Gasteiger charge is 2.38. The third-order valence-corrected chi connectivity index (χ3v) is 6.45. The minimum absolute atomic E-state index is 0.168. The van der Waals surface area contributed by atoms with Crippen LogP contribution in [0.5, 0.6) is 0 Å². The zero-order chi connectivity index (χ0) is 14.2. The van der Waals surface area contributed by atoms with Crippen LogP contribution < -0.4 is 0 Å². The highest BCUT2D eigenvalue weighted by atomic mass is 32.2. The van der Waals surface area contributed by atoms with Gasteiger partial charge in [-0.2, -0.15) is 4.31 Å². The number of rotatable bonds is 5. The van der Waals surface area contributed by atoms with Gasteiger partial charge in [0.15, 0.2) is 0 Å². The van der Waals surface area contributed by atoms with E-state index in [2.05, 4.69) is 0 Å². The lowest BCUT2D eigenvalue weighted by Gasteiger charge is -2.22. The van der Waals surface area contributed by atoms with Crippen molar-refractivity contribution in [3.05, 3.63) is 52.2 Å². The number of nitrogens with zero attached hydrogens (tertiary/aromatic N) is 1. The first-order valence-corrected chi connectivity index (χ1v) is 9.01. The van der Waals surface area contributed by atoms with Crippen molar-refractivity contribution in [2.45, 2.75) is 37.2 Å². The molecule has 1 aromatic heterocycles. The third-order valence-electron chi connectivity index (χ3n) is 3.53. The van der Waals surface area contributed by atoms with E-state index in [4.69, 9.17) is 0 Å². The summed E-state index contributed by atoms with van der Waals surface area (Å²) < 4.78 is 27.5. The molecular formula is C15H17NO2S2. The molecule has 3 rings (SSSR count). The molecule has 1 aromatic carbocycles. The topological polar surface area (TPSA) is 37.4 Å². The van der Waals surface area contributed by atoms with Gasteiger partial charge < -0.3 is 0 Å². The minimum Gasteiger partial charge on any atom is -0.207 e. The van der Waals surface area contributed by atoms with Gasteiger partial charge in [0.1, 0.15) is 0 Å². The lowest BCUT2D eigenvalue weighted by molar-refractivity contribution is 0.401. The van der Waals surface area contributed by atoms with Gasteiger partial charge >= 0.3 is 0 Å². The molecule has 1 fully saturated rings. The molecular weight excluding hydrogens is 290 g/mol. The van der Waals surface area contributed by atoms with E-state index in [0.29, 0.717) is 11.4 Å². The molecule has 0 atom stereocenters. The Morgan fingerprint density at radius 1 is 1.20 bits per heavy atom. The zero-order valence-electron chi connectivity index (χ0n) is 11.3. The Kier molecular flexibility index (Phi) is 3.67. The molecule has 3 nitrogen and oxygen atoms in total. The van der Waals surface area contributed by atoms with Gasteiger partial charge in [-0.25, -0.2) is 8.42 Å². The van der Waals surface area contributed by atoms with Gasteiger partial charge in [0, 0.05) is 17.5 Å². The Morgan fingerprint density at radius 2 is 1.95 bits per heavy atom.